The summed E-state index contributed by atoms with van der Waals surface area (Å²) >= 11 is 6.10. The first-order chi connectivity index (χ1) is 12.3. The molecule has 0 radical (unpaired) electrons. The first-order valence-corrected chi connectivity index (χ1v) is 7.96. The minimum atomic E-state index is -0.980. The molecule has 0 heterocycles. The highest BCUT2D eigenvalue weighted by Crippen LogP contribution is 2.28. The molecule has 2 aromatic rings. The van der Waals surface area contributed by atoms with Crippen LogP contribution in [0.4, 0.5) is 11.4 Å². The number of halogens is 1. The summed E-state index contributed by atoms with van der Waals surface area (Å²) in [7, 11) is 0. The van der Waals surface area contributed by atoms with Crippen LogP contribution in [0.1, 0.15) is 28.3 Å². The van der Waals surface area contributed by atoms with Crippen LogP contribution in [-0.2, 0) is 4.79 Å². The fraction of sp³-hybridized carbons (Fsp3) is 0.176. The Labute approximate surface area is 153 Å². The number of aliphatic carboxylic acids is 1. The highest BCUT2D eigenvalue weighted by Gasteiger charge is 2.17. The van der Waals surface area contributed by atoms with Crippen LogP contribution in [-0.4, -0.2) is 28.5 Å². The molecular weight excluding hydrogens is 362 g/mol. The van der Waals surface area contributed by atoms with E-state index in [1.807, 2.05) is 0 Å². The number of carboxylic acids is 1. The fourth-order valence-electron chi connectivity index (χ4n) is 2.37. The standard InChI is InChI=1S/C17H16ClN3O5/c18-14-6-3-11(12(9-19)8-16(22)23)7-15(14)20-17(24)10-1-4-13(5-2-10)21(25)26/h1-7,12H,8-9,19H2,(H,20,24)(H,22,23)/t12-/m0/s1. The number of benzene rings is 2. The van der Waals surface area contributed by atoms with Gasteiger partial charge < -0.3 is 16.2 Å². The predicted molar refractivity (Wildman–Crippen MR) is 96.5 cm³/mol. The zero-order chi connectivity index (χ0) is 19.3. The molecule has 0 aliphatic heterocycles. The number of nitro benzene ring substituents is 1. The number of carbonyl (C=O) groups excluding carboxylic acids is 1. The molecule has 0 spiro atoms. The van der Waals surface area contributed by atoms with Gasteiger partial charge in [0.2, 0.25) is 0 Å². The molecule has 26 heavy (non-hydrogen) atoms. The number of non-ortho nitro benzene ring substituents is 1. The normalized spacial score (nSPS) is 11.6. The molecule has 1 amide bonds. The van der Waals surface area contributed by atoms with E-state index in [2.05, 4.69) is 5.32 Å². The van der Waals surface area contributed by atoms with Gasteiger partial charge in [-0.3, -0.25) is 19.7 Å². The van der Waals surface area contributed by atoms with Crippen molar-refractivity contribution in [2.24, 2.45) is 5.73 Å². The van der Waals surface area contributed by atoms with E-state index in [-0.39, 0.29) is 29.2 Å². The van der Waals surface area contributed by atoms with Crippen LogP contribution in [0, 0.1) is 10.1 Å². The summed E-state index contributed by atoms with van der Waals surface area (Å²) < 4.78 is 0. The van der Waals surface area contributed by atoms with Crippen molar-refractivity contribution in [3.05, 3.63) is 68.7 Å². The van der Waals surface area contributed by atoms with E-state index in [0.29, 0.717) is 11.3 Å². The maximum atomic E-state index is 12.3. The molecule has 0 fully saturated rings. The van der Waals surface area contributed by atoms with Gasteiger partial charge in [0.1, 0.15) is 0 Å². The van der Waals surface area contributed by atoms with Gasteiger partial charge in [-0.05, 0) is 36.4 Å². The Balaban J connectivity index is 2.22. The molecule has 4 N–H and O–H groups in total. The number of rotatable bonds is 7. The largest absolute Gasteiger partial charge is 0.481 e. The minimum absolute atomic E-state index is 0.124. The Morgan fingerprint density at radius 3 is 2.42 bits per heavy atom. The zero-order valence-corrected chi connectivity index (χ0v) is 14.3. The lowest BCUT2D eigenvalue weighted by molar-refractivity contribution is -0.384. The van der Waals surface area contributed by atoms with Gasteiger partial charge >= 0.3 is 5.97 Å². The number of nitrogens with zero attached hydrogens (tertiary/aromatic N) is 1. The third kappa shape index (κ3) is 4.78. The topological polar surface area (TPSA) is 136 Å². The van der Waals surface area contributed by atoms with Gasteiger partial charge in [-0.15, -0.1) is 0 Å². The van der Waals surface area contributed by atoms with E-state index in [0.717, 1.165) is 0 Å². The van der Waals surface area contributed by atoms with Gasteiger partial charge in [-0.25, -0.2) is 0 Å². The van der Waals surface area contributed by atoms with Crippen molar-refractivity contribution in [3.63, 3.8) is 0 Å². The SMILES string of the molecule is NC[C@H](CC(=O)O)c1ccc(Cl)c(NC(=O)c2ccc([N+](=O)[O-])cc2)c1. The van der Waals surface area contributed by atoms with Crippen molar-refractivity contribution in [2.75, 3.05) is 11.9 Å². The van der Waals surface area contributed by atoms with Gasteiger partial charge in [0, 0.05) is 23.6 Å². The maximum Gasteiger partial charge on any atom is 0.304 e. The average molecular weight is 378 g/mol. The number of amides is 1. The van der Waals surface area contributed by atoms with Crippen LogP contribution in [0.5, 0.6) is 0 Å². The van der Waals surface area contributed by atoms with Gasteiger partial charge in [0.05, 0.1) is 22.1 Å². The average Bonchev–Trinajstić information content (AvgIpc) is 2.61. The molecule has 136 valence electrons. The Morgan fingerprint density at radius 1 is 1.23 bits per heavy atom. The molecule has 2 aromatic carbocycles. The number of hydrogen-bond acceptors (Lipinski definition) is 5. The quantitative estimate of drug-likeness (QED) is 0.501. The third-order valence-corrected chi connectivity index (χ3v) is 4.09. The smallest absolute Gasteiger partial charge is 0.304 e. The molecule has 0 aliphatic rings. The molecule has 1 atom stereocenters. The number of anilines is 1. The number of carbonyl (C=O) groups is 2. The van der Waals surface area contributed by atoms with E-state index in [1.165, 1.54) is 24.3 Å². The van der Waals surface area contributed by atoms with Gasteiger partial charge in [0.15, 0.2) is 0 Å². The lowest BCUT2D eigenvalue weighted by Crippen LogP contribution is -2.17. The molecule has 8 nitrogen and oxygen atoms in total. The lowest BCUT2D eigenvalue weighted by Gasteiger charge is -2.15. The van der Waals surface area contributed by atoms with Crippen molar-refractivity contribution in [1.82, 2.24) is 0 Å². The van der Waals surface area contributed by atoms with Crippen LogP contribution in [0.3, 0.4) is 0 Å². The Morgan fingerprint density at radius 2 is 1.88 bits per heavy atom. The van der Waals surface area contributed by atoms with Crippen molar-refractivity contribution in [2.45, 2.75) is 12.3 Å². The molecule has 0 aromatic heterocycles. The van der Waals surface area contributed by atoms with E-state index < -0.39 is 22.7 Å². The van der Waals surface area contributed by atoms with Gasteiger partial charge in [-0.2, -0.15) is 0 Å². The summed E-state index contributed by atoms with van der Waals surface area (Å²) in [6.07, 6.45) is -0.145. The molecule has 0 unspecified atom stereocenters. The predicted octanol–water partition coefficient (Wildman–Crippen LogP) is 3.02. The molecule has 0 aliphatic carbocycles. The van der Waals surface area contributed by atoms with E-state index in [1.54, 1.807) is 18.2 Å². The van der Waals surface area contributed by atoms with Crippen LogP contribution < -0.4 is 11.1 Å². The Kier molecular flexibility index (Phi) is 6.26. The van der Waals surface area contributed by atoms with Crippen molar-refractivity contribution < 1.29 is 19.6 Å². The summed E-state index contributed by atoms with van der Waals surface area (Å²) in [5, 5.41) is 22.5. The van der Waals surface area contributed by atoms with Crippen molar-refractivity contribution >= 4 is 34.9 Å². The van der Waals surface area contributed by atoms with Gasteiger partial charge in [0.25, 0.3) is 11.6 Å². The first kappa shape index (κ1) is 19.4. The first-order valence-electron chi connectivity index (χ1n) is 7.59. The second-order valence-electron chi connectivity index (χ2n) is 5.53. The Hall–Kier alpha value is -2.97. The maximum absolute atomic E-state index is 12.3. The molecule has 2 rings (SSSR count). The van der Waals surface area contributed by atoms with Crippen molar-refractivity contribution in [1.29, 1.82) is 0 Å². The second kappa shape index (κ2) is 8.41. The molecule has 9 heteroatoms. The number of nitro groups is 1. The summed E-state index contributed by atoms with van der Waals surface area (Å²) in [5.41, 5.74) is 6.67. The number of nitrogens with two attached hydrogens (primary N) is 1. The van der Waals surface area contributed by atoms with Gasteiger partial charge in [-0.1, -0.05) is 17.7 Å². The summed E-state index contributed by atoms with van der Waals surface area (Å²) in [5.74, 6) is -1.90. The molecule has 0 bridgehead atoms. The third-order valence-electron chi connectivity index (χ3n) is 3.76. The zero-order valence-electron chi connectivity index (χ0n) is 13.5. The van der Waals surface area contributed by atoms with E-state index >= 15 is 0 Å². The summed E-state index contributed by atoms with van der Waals surface area (Å²) in [4.78, 5) is 33.4. The van der Waals surface area contributed by atoms with Crippen LogP contribution in [0.15, 0.2) is 42.5 Å². The van der Waals surface area contributed by atoms with Crippen LogP contribution in [0.25, 0.3) is 0 Å². The fourth-order valence-corrected chi connectivity index (χ4v) is 2.53. The molecular formula is C17H16ClN3O5. The van der Waals surface area contributed by atoms with Crippen molar-refractivity contribution in [3.8, 4) is 0 Å². The highest BCUT2D eigenvalue weighted by molar-refractivity contribution is 6.34. The lowest BCUT2D eigenvalue weighted by atomic mass is 9.95. The Bertz CT molecular complexity index is 839. The second-order valence-corrected chi connectivity index (χ2v) is 5.94. The minimum Gasteiger partial charge on any atom is -0.481 e. The van der Waals surface area contributed by atoms with Crippen LogP contribution in [0.2, 0.25) is 5.02 Å². The molecule has 0 saturated heterocycles. The number of hydrogen-bond donors (Lipinski definition) is 3. The van der Waals surface area contributed by atoms with Crippen LogP contribution >= 0.6 is 11.6 Å². The summed E-state index contributed by atoms with van der Waals surface area (Å²) in [6, 6.07) is 9.90. The molecule has 0 saturated carbocycles. The van der Waals surface area contributed by atoms with E-state index in [9.17, 15) is 19.7 Å². The van der Waals surface area contributed by atoms with E-state index in [4.69, 9.17) is 22.4 Å². The monoisotopic (exact) mass is 377 g/mol. The summed E-state index contributed by atoms with van der Waals surface area (Å²) in [6.45, 7) is 0.129. The highest BCUT2D eigenvalue weighted by atomic mass is 35.5. The number of carboxylic acid groups (broad SMARTS) is 1. The number of nitrogens with one attached hydrogen (secondary N) is 1.